The van der Waals surface area contributed by atoms with Crippen molar-refractivity contribution in [1.82, 2.24) is 0 Å². The predicted molar refractivity (Wildman–Crippen MR) is 101 cm³/mol. The van der Waals surface area contributed by atoms with Gasteiger partial charge in [0, 0.05) is 17.6 Å². The number of halogens is 1. The van der Waals surface area contributed by atoms with E-state index in [0.717, 1.165) is 5.39 Å². The van der Waals surface area contributed by atoms with E-state index in [-0.39, 0.29) is 18.1 Å². The van der Waals surface area contributed by atoms with Crippen LogP contribution in [0.4, 0.5) is 10.1 Å². The quantitative estimate of drug-likeness (QED) is 0.614. The summed E-state index contributed by atoms with van der Waals surface area (Å²) in [4.78, 5) is 24.9. The van der Waals surface area contributed by atoms with Crippen LogP contribution in [-0.2, 0) is 20.9 Å². The number of esters is 1. The molecule has 0 fully saturated rings. The van der Waals surface area contributed by atoms with E-state index >= 15 is 0 Å². The number of amides is 1. The Morgan fingerprint density at radius 2 is 1.86 bits per heavy atom. The number of rotatable bonds is 7. The number of para-hydroxylation sites is 2. The van der Waals surface area contributed by atoms with Crippen LogP contribution in [0.2, 0.25) is 0 Å². The second-order valence-electron chi connectivity index (χ2n) is 6.06. The number of nitrogens with one attached hydrogen (secondary N) is 1. The van der Waals surface area contributed by atoms with E-state index in [1.54, 1.807) is 18.2 Å². The lowest BCUT2D eigenvalue weighted by Gasteiger charge is -2.13. The minimum absolute atomic E-state index is 0.0103. The summed E-state index contributed by atoms with van der Waals surface area (Å²) in [5, 5.41) is 3.14. The molecule has 1 heterocycles. The molecule has 3 aromatic rings. The molecule has 2 aromatic carbocycles. The van der Waals surface area contributed by atoms with Crippen LogP contribution in [0.3, 0.4) is 0 Å². The molecule has 0 aliphatic carbocycles. The van der Waals surface area contributed by atoms with E-state index in [1.807, 2.05) is 19.1 Å². The van der Waals surface area contributed by atoms with E-state index in [2.05, 4.69) is 5.32 Å². The summed E-state index contributed by atoms with van der Waals surface area (Å²) in [5.74, 6) is -2.03. The minimum atomic E-state index is -1.15. The van der Waals surface area contributed by atoms with Crippen molar-refractivity contribution < 1.29 is 27.9 Å². The lowest BCUT2D eigenvalue weighted by molar-refractivity contribution is -0.123. The second kappa shape index (κ2) is 8.67. The monoisotopic (exact) mass is 385 g/mol. The summed E-state index contributed by atoms with van der Waals surface area (Å²) in [7, 11) is 0. The van der Waals surface area contributed by atoms with Gasteiger partial charge in [0.05, 0.1) is 12.3 Å². The molecule has 7 heteroatoms. The van der Waals surface area contributed by atoms with E-state index in [9.17, 15) is 14.0 Å². The molecule has 1 N–H and O–H groups in total. The van der Waals surface area contributed by atoms with Crippen LogP contribution in [0, 0.1) is 5.82 Å². The molecule has 3 rings (SSSR count). The molecule has 0 spiro atoms. The van der Waals surface area contributed by atoms with Crippen LogP contribution >= 0.6 is 0 Å². The molecule has 6 nitrogen and oxygen atoms in total. The molecule has 0 aliphatic rings. The number of furan rings is 1. The van der Waals surface area contributed by atoms with Gasteiger partial charge in [0.15, 0.2) is 6.10 Å². The first-order valence-corrected chi connectivity index (χ1v) is 8.85. The summed E-state index contributed by atoms with van der Waals surface area (Å²) in [6.07, 6.45) is -1.15. The van der Waals surface area contributed by atoms with E-state index in [4.69, 9.17) is 13.9 Å². The average Bonchev–Trinajstić information content (AvgIpc) is 3.06. The number of hydrogen-bond donors (Lipinski definition) is 1. The molecule has 1 amide bonds. The average molecular weight is 385 g/mol. The van der Waals surface area contributed by atoms with Gasteiger partial charge in [0.25, 0.3) is 5.91 Å². The summed E-state index contributed by atoms with van der Waals surface area (Å²) in [6.45, 7) is 3.89. The lowest BCUT2D eigenvalue weighted by atomic mass is 10.1. The molecule has 0 unspecified atom stereocenters. The van der Waals surface area contributed by atoms with Gasteiger partial charge in [0.2, 0.25) is 5.76 Å². The van der Waals surface area contributed by atoms with Crippen LogP contribution in [0.5, 0.6) is 0 Å². The number of benzene rings is 2. The second-order valence-corrected chi connectivity index (χ2v) is 6.06. The Bertz CT molecular complexity index is 997. The van der Waals surface area contributed by atoms with Gasteiger partial charge in [-0.05, 0) is 32.0 Å². The maximum absolute atomic E-state index is 13.7. The third kappa shape index (κ3) is 4.20. The van der Waals surface area contributed by atoms with Crippen molar-refractivity contribution in [2.75, 3.05) is 11.9 Å². The maximum atomic E-state index is 13.7. The molecule has 146 valence electrons. The van der Waals surface area contributed by atoms with E-state index in [1.165, 1.54) is 25.1 Å². The standard InChI is InChI=1S/C21H20FNO5/c1-3-26-12-15-14-8-4-7-11-18(14)28-19(15)21(25)27-13(2)20(24)23-17-10-6-5-9-16(17)22/h4-11,13H,3,12H2,1-2H3,(H,23,24)/t13-/m0/s1. The number of fused-ring (bicyclic) bond motifs is 1. The zero-order valence-corrected chi connectivity index (χ0v) is 15.5. The molecular weight excluding hydrogens is 365 g/mol. The Hall–Kier alpha value is -3.19. The predicted octanol–water partition coefficient (Wildman–Crippen LogP) is 4.29. The fourth-order valence-corrected chi connectivity index (χ4v) is 2.68. The van der Waals surface area contributed by atoms with Crippen molar-refractivity contribution in [3.05, 3.63) is 65.7 Å². The molecule has 0 radical (unpaired) electrons. The largest absolute Gasteiger partial charge is 0.449 e. The Morgan fingerprint density at radius 1 is 1.14 bits per heavy atom. The topological polar surface area (TPSA) is 77.8 Å². The first-order chi connectivity index (χ1) is 13.5. The zero-order valence-electron chi connectivity index (χ0n) is 15.5. The van der Waals surface area contributed by atoms with E-state index < -0.39 is 23.8 Å². The SMILES string of the molecule is CCOCc1c(C(=O)O[C@@H](C)C(=O)Nc2ccccc2F)oc2ccccc12. The van der Waals surface area contributed by atoms with Crippen molar-refractivity contribution in [1.29, 1.82) is 0 Å². The minimum Gasteiger partial charge on any atom is -0.449 e. The van der Waals surface area contributed by atoms with Crippen molar-refractivity contribution in [2.24, 2.45) is 0 Å². The fraction of sp³-hybridized carbons (Fsp3) is 0.238. The highest BCUT2D eigenvalue weighted by molar-refractivity contribution is 5.99. The van der Waals surface area contributed by atoms with Gasteiger partial charge in [0.1, 0.15) is 11.4 Å². The molecule has 1 atom stereocenters. The molecule has 0 aliphatic heterocycles. The zero-order chi connectivity index (χ0) is 20.1. The van der Waals surface area contributed by atoms with Crippen molar-refractivity contribution >= 4 is 28.5 Å². The van der Waals surface area contributed by atoms with Gasteiger partial charge in [-0.2, -0.15) is 0 Å². The third-order valence-corrected chi connectivity index (χ3v) is 4.12. The summed E-state index contributed by atoms with van der Waals surface area (Å²) >= 11 is 0. The van der Waals surface area contributed by atoms with Gasteiger partial charge in [-0.15, -0.1) is 0 Å². The molecular formula is C21H20FNO5. The summed E-state index contributed by atoms with van der Waals surface area (Å²) < 4.78 is 30.0. The first kappa shape index (κ1) is 19.6. The normalized spacial score (nSPS) is 12.0. The number of ether oxygens (including phenoxy) is 2. The summed E-state index contributed by atoms with van der Waals surface area (Å²) in [5.41, 5.74) is 1.09. The highest BCUT2D eigenvalue weighted by atomic mass is 19.1. The third-order valence-electron chi connectivity index (χ3n) is 4.12. The van der Waals surface area contributed by atoms with Crippen LogP contribution in [0.25, 0.3) is 11.0 Å². The number of carbonyl (C=O) groups excluding carboxylic acids is 2. The van der Waals surface area contributed by atoms with Gasteiger partial charge < -0.3 is 19.2 Å². The Balaban J connectivity index is 1.76. The number of anilines is 1. The Kier molecular flexibility index (Phi) is 6.06. The lowest BCUT2D eigenvalue weighted by Crippen LogP contribution is -2.30. The van der Waals surface area contributed by atoms with Crippen molar-refractivity contribution in [3.8, 4) is 0 Å². The molecule has 0 saturated heterocycles. The van der Waals surface area contributed by atoms with Gasteiger partial charge >= 0.3 is 5.97 Å². The molecule has 28 heavy (non-hydrogen) atoms. The Labute approximate surface area is 161 Å². The number of carbonyl (C=O) groups is 2. The maximum Gasteiger partial charge on any atom is 0.375 e. The van der Waals surface area contributed by atoms with Crippen LogP contribution in [-0.4, -0.2) is 24.6 Å². The van der Waals surface area contributed by atoms with Crippen molar-refractivity contribution in [3.63, 3.8) is 0 Å². The highest BCUT2D eigenvalue weighted by Crippen LogP contribution is 2.27. The van der Waals surface area contributed by atoms with Gasteiger partial charge in [-0.3, -0.25) is 4.79 Å². The fourth-order valence-electron chi connectivity index (χ4n) is 2.68. The van der Waals surface area contributed by atoms with Crippen LogP contribution in [0.1, 0.15) is 30.0 Å². The summed E-state index contributed by atoms with van der Waals surface area (Å²) in [6, 6.07) is 12.9. The van der Waals surface area contributed by atoms with E-state index in [0.29, 0.717) is 17.8 Å². The molecule has 0 saturated carbocycles. The molecule has 0 bridgehead atoms. The first-order valence-electron chi connectivity index (χ1n) is 8.85. The van der Waals surface area contributed by atoms with Gasteiger partial charge in [-0.25, -0.2) is 9.18 Å². The highest BCUT2D eigenvalue weighted by Gasteiger charge is 2.26. The smallest absolute Gasteiger partial charge is 0.375 e. The molecule has 1 aromatic heterocycles. The number of hydrogen-bond acceptors (Lipinski definition) is 5. The Morgan fingerprint density at radius 3 is 2.61 bits per heavy atom. The van der Waals surface area contributed by atoms with Crippen LogP contribution in [0.15, 0.2) is 52.9 Å². The van der Waals surface area contributed by atoms with Gasteiger partial charge in [-0.1, -0.05) is 30.3 Å². The van der Waals surface area contributed by atoms with Crippen molar-refractivity contribution in [2.45, 2.75) is 26.6 Å². The van der Waals surface area contributed by atoms with Crippen LogP contribution < -0.4 is 5.32 Å².